The largest absolute Gasteiger partial charge is 0.203 e. The molecule has 1 heterocycles. The van der Waals surface area contributed by atoms with Crippen LogP contribution in [0.15, 0.2) is 11.6 Å². The SMILES string of the molecule is CC[SH]1C=C[N+](C)=C1. The predicted molar refractivity (Wildman–Crippen MR) is 40.9 cm³/mol. The number of rotatable bonds is 1. The number of hydrogen-bond donors (Lipinski definition) is 1. The Hall–Kier alpha value is -0.240. The molecular formula is C6H12NS+. The van der Waals surface area contributed by atoms with Crippen LogP contribution in [0.25, 0.3) is 0 Å². The van der Waals surface area contributed by atoms with Crippen LogP contribution in [0.1, 0.15) is 6.92 Å². The third-order valence-electron chi connectivity index (χ3n) is 1.19. The van der Waals surface area contributed by atoms with Crippen molar-refractivity contribution >= 4 is 16.4 Å². The van der Waals surface area contributed by atoms with Crippen molar-refractivity contribution < 1.29 is 4.58 Å². The zero-order valence-corrected chi connectivity index (χ0v) is 6.23. The maximum atomic E-state index is 2.29. The molecule has 1 unspecified atom stereocenters. The maximum absolute atomic E-state index is 2.29. The van der Waals surface area contributed by atoms with Crippen molar-refractivity contribution in [2.45, 2.75) is 6.92 Å². The fraction of sp³-hybridized carbons (Fsp3) is 0.500. The van der Waals surface area contributed by atoms with Gasteiger partial charge < -0.3 is 0 Å². The van der Waals surface area contributed by atoms with E-state index < -0.39 is 0 Å². The molecule has 1 atom stereocenters. The first-order valence-corrected chi connectivity index (χ1v) is 4.50. The second-order valence-corrected chi connectivity index (χ2v) is 4.10. The third kappa shape index (κ3) is 1.13. The summed E-state index contributed by atoms with van der Waals surface area (Å²) in [6.07, 6.45) is 2.13. The zero-order valence-electron chi connectivity index (χ0n) is 5.33. The van der Waals surface area contributed by atoms with Crippen LogP contribution in [-0.4, -0.2) is 22.9 Å². The van der Waals surface area contributed by atoms with Gasteiger partial charge in [-0.2, -0.15) is 0 Å². The van der Waals surface area contributed by atoms with Crippen LogP contribution < -0.4 is 0 Å². The first-order valence-electron chi connectivity index (χ1n) is 2.84. The second-order valence-electron chi connectivity index (χ2n) is 1.91. The van der Waals surface area contributed by atoms with E-state index in [9.17, 15) is 0 Å². The molecule has 0 amide bonds. The van der Waals surface area contributed by atoms with E-state index in [1.807, 2.05) is 0 Å². The van der Waals surface area contributed by atoms with Crippen LogP contribution in [0, 0.1) is 0 Å². The van der Waals surface area contributed by atoms with Gasteiger partial charge in [-0.15, -0.1) is 10.9 Å². The summed E-state index contributed by atoms with van der Waals surface area (Å²) in [5.74, 6) is 1.29. The van der Waals surface area contributed by atoms with Gasteiger partial charge in [0.15, 0.2) is 11.7 Å². The van der Waals surface area contributed by atoms with Gasteiger partial charge in [0.1, 0.15) is 7.05 Å². The highest BCUT2D eigenvalue weighted by Crippen LogP contribution is 2.25. The van der Waals surface area contributed by atoms with Crippen molar-refractivity contribution in [3.63, 3.8) is 0 Å². The van der Waals surface area contributed by atoms with E-state index in [1.165, 1.54) is 5.75 Å². The Morgan fingerprint density at radius 1 is 1.62 bits per heavy atom. The first kappa shape index (κ1) is 5.89. The van der Waals surface area contributed by atoms with Crippen molar-refractivity contribution in [1.29, 1.82) is 0 Å². The molecule has 1 aliphatic rings. The van der Waals surface area contributed by atoms with Gasteiger partial charge in [-0.25, -0.2) is 4.58 Å². The molecule has 0 N–H and O–H groups in total. The van der Waals surface area contributed by atoms with Crippen LogP contribution in [-0.2, 0) is 0 Å². The van der Waals surface area contributed by atoms with Crippen molar-refractivity contribution in [3.05, 3.63) is 11.6 Å². The Bertz CT molecular complexity index is 137. The van der Waals surface area contributed by atoms with Gasteiger partial charge in [0.25, 0.3) is 0 Å². The third-order valence-corrected chi connectivity index (χ3v) is 3.10. The van der Waals surface area contributed by atoms with E-state index in [4.69, 9.17) is 0 Å². The maximum Gasteiger partial charge on any atom is 0.186 e. The summed E-state index contributed by atoms with van der Waals surface area (Å²) in [6.45, 7) is 2.23. The molecule has 1 aliphatic heterocycles. The molecule has 0 bridgehead atoms. The number of hydrogen-bond acceptors (Lipinski definition) is 0. The van der Waals surface area contributed by atoms with E-state index in [0.29, 0.717) is 0 Å². The Morgan fingerprint density at radius 2 is 2.38 bits per heavy atom. The lowest BCUT2D eigenvalue weighted by Gasteiger charge is -1.95. The standard InChI is InChI=1S/C6H12NS/c1-3-8-5-4-7(2)6-8/h4-6,8H,3H2,1-2H3/q+1. The summed E-state index contributed by atoms with van der Waals surface area (Å²) in [6, 6.07) is 0. The molecule has 0 saturated carbocycles. The highest BCUT2D eigenvalue weighted by molar-refractivity contribution is 8.30. The number of nitrogens with zero attached hydrogens (tertiary/aromatic N) is 1. The van der Waals surface area contributed by atoms with Crippen molar-refractivity contribution in [1.82, 2.24) is 0 Å². The minimum Gasteiger partial charge on any atom is -0.203 e. The van der Waals surface area contributed by atoms with E-state index in [-0.39, 0.29) is 10.9 Å². The van der Waals surface area contributed by atoms with Crippen molar-refractivity contribution in [3.8, 4) is 0 Å². The molecule has 0 radical (unpaired) electrons. The molecule has 1 rings (SSSR count). The van der Waals surface area contributed by atoms with Gasteiger partial charge in [0, 0.05) is 5.41 Å². The Balaban J connectivity index is 2.55. The second kappa shape index (κ2) is 2.35. The van der Waals surface area contributed by atoms with Crippen LogP contribution in [0.5, 0.6) is 0 Å². The van der Waals surface area contributed by atoms with Gasteiger partial charge in [-0.3, -0.25) is 0 Å². The van der Waals surface area contributed by atoms with E-state index in [2.05, 4.69) is 35.7 Å². The van der Waals surface area contributed by atoms with E-state index in [0.717, 1.165) is 0 Å². The van der Waals surface area contributed by atoms with Crippen LogP contribution in [0.2, 0.25) is 0 Å². The Kier molecular flexibility index (Phi) is 1.73. The summed E-state index contributed by atoms with van der Waals surface area (Å²) in [5.41, 5.74) is 2.29. The van der Waals surface area contributed by atoms with Crippen molar-refractivity contribution in [2.75, 3.05) is 12.8 Å². The minimum atomic E-state index is 0.138. The predicted octanol–water partition coefficient (Wildman–Crippen LogP) is 1.16. The Morgan fingerprint density at radius 3 is 2.62 bits per heavy atom. The zero-order chi connectivity index (χ0) is 5.98. The van der Waals surface area contributed by atoms with Gasteiger partial charge in [-0.1, -0.05) is 6.92 Å². The molecule has 8 heavy (non-hydrogen) atoms. The smallest absolute Gasteiger partial charge is 0.186 e. The molecule has 0 aromatic rings. The molecule has 0 saturated heterocycles. The first-order chi connectivity index (χ1) is 3.83. The van der Waals surface area contributed by atoms with Gasteiger partial charge in [0.05, 0.1) is 0 Å². The summed E-state index contributed by atoms with van der Waals surface area (Å²) in [5, 5.41) is 2.29. The quantitative estimate of drug-likeness (QED) is 0.401. The average Bonchev–Trinajstić information content (AvgIpc) is 2.14. The van der Waals surface area contributed by atoms with Crippen LogP contribution in [0.4, 0.5) is 0 Å². The molecule has 0 spiro atoms. The fourth-order valence-electron chi connectivity index (χ4n) is 0.689. The van der Waals surface area contributed by atoms with Crippen molar-refractivity contribution in [2.24, 2.45) is 0 Å². The summed E-state index contributed by atoms with van der Waals surface area (Å²) < 4.78 is 2.13. The summed E-state index contributed by atoms with van der Waals surface area (Å²) in [4.78, 5) is 0. The molecule has 2 heteroatoms. The van der Waals surface area contributed by atoms with Gasteiger partial charge in [-0.05, 0) is 5.75 Å². The molecule has 46 valence electrons. The van der Waals surface area contributed by atoms with E-state index >= 15 is 0 Å². The fourth-order valence-corrected chi connectivity index (χ4v) is 2.07. The minimum absolute atomic E-state index is 0.138. The highest BCUT2D eigenvalue weighted by atomic mass is 32.2. The normalized spacial score (nSPS) is 30.8. The van der Waals surface area contributed by atoms with E-state index in [1.54, 1.807) is 0 Å². The molecule has 0 aromatic heterocycles. The van der Waals surface area contributed by atoms with Crippen LogP contribution in [0.3, 0.4) is 0 Å². The lowest BCUT2D eigenvalue weighted by atomic mass is 10.9. The molecule has 1 nitrogen and oxygen atoms in total. The topological polar surface area (TPSA) is 3.01 Å². The number of thiol groups is 1. The molecule has 0 aliphatic carbocycles. The lowest BCUT2D eigenvalue weighted by Crippen LogP contribution is -1.90. The molecule has 0 aromatic carbocycles. The summed E-state index contributed by atoms with van der Waals surface area (Å²) >= 11 is 0. The van der Waals surface area contributed by atoms with Gasteiger partial charge in [0.2, 0.25) is 0 Å². The monoisotopic (exact) mass is 130 g/mol. The molecule has 0 fully saturated rings. The highest BCUT2D eigenvalue weighted by Gasteiger charge is 2.04. The Labute approximate surface area is 53.1 Å². The summed E-state index contributed by atoms with van der Waals surface area (Å²) in [7, 11) is 2.22. The van der Waals surface area contributed by atoms with Gasteiger partial charge >= 0.3 is 0 Å². The average molecular weight is 130 g/mol. The molecular weight excluding hydrogens is 118 g/mol. The lowest BCUT2D eigenvalue weighted by molar-refractivity contribution is -0.412. The van der Waals surface area contributed by atoms with Crippen LogP contribution >= 0.6 is 10.9 Å².